The molecule has 2 nitrogen and oxygen atoms in total. The number of ether oxygens (including phenoxy) is 1. The average molecular weight is 208 g/mol. The predicted octanol–water partition coefficient (Wildman–Crippen LogP) is 2.81. The molecule has 1 fully saturated rings. The van der Waals surface area contributed by atoms with E-state index in [0.717, 1.165) is 29.9 Å². The predicted molar refractivity (Wildman–Crippen MR) is 62.4 cm³/mol. The van der Waals surface area contributed by atoms with E-state index in [9.17, 15) is 0 Å². The van der Waals surface area contributed by atoms with Gasteiger partial charge in [-0.05, 0) is 42.1 Å². The van der Waals surface area contributed by atoms with Gasteiger partial charge in [0.2, 0.25) is 0 Å². The van der Waals surface area contributed by atoms with Gasteiger partial charge in [0.05, 0.1) is 13.2 Å². The molecule has 1 rings (SSSR count). The number of hydrogen-bond acceptors (Lipinski definition) is 2. The Bertz CT molecular complexity index is 308. The standard InChI is InChI=1S/C13H20O2/c1-5-12-11(8-10(2)9-14)13(3,4)6-7-15-12/h5,8,14H,2,6-7,9H2,1,3-4H3/b11-8+,12-5+. The Kier molecular flexibility index (Phi) is 3.75. The molecule has 0 aromatic carbocycles. The normalized spacial score (nSPS) is 25.3. The van der Waals surface area contributed by atoms with Crippen LogP contribution in [0.5, 0.6) is 0 Å². The number of allylic oxidation sites excluding steroid dienone is 2. The molecule has 1 heterocycles. The van der Waals surface area contributed by atoms with Crippen molar-refractivity contribution in [1.82, 2.24) is 0 Å². The minimum atomic E-state index is -0.00340. The fraction of sp³-hybridized carbons (Fsp3) is 0.538. The Labute approximate surface area is 92.0 Å². The molecule has 2 heteroatoms. The van der Waals surface area contributed by atoms with Gasteiger partial charge in [0.1, 0.15) is 5.76 Å². The van der Waals surface area contributed by atoms with E-state index < -0.39 is 0 Å². The van der Waals surface area contributed by atoms with Gasteiger partial charge >= 0.3 is 0 Å². The minimum Gasteiger partial charge on any atom is -0.494 e. The summed E-state index contributed by atoms with van der Waals surface area (Å²) in [5, 5.41) is 8.99. The van der Waals surface area contributed by atoms with Crippen LogP contribution in [0.2, 0.25) is 0 Å². The highest BCUT2D eigenvalue weighted by Crippen LogP contribution is 2.40. The summed E-state index contributed by atoms with van der Waals surface area (Å²) in [7, 11) is 0. The Morgan fingerprint density at radius 1 is 1.60 bits per heavy atom. The van der Waals surface area contributed by atoms with Crippen LogP contribution in [0.3, 0.4) is 0 Å². The van der Waals surface area contributed by atoms with Crippen molar-refractivity contribution in [2.45, 2.75) is 27.2 Å². The molecule has 15 heavy (non-hydrogen) atoms. The molecule has 0 radical (unpaired) electrons. The van der Waals surface area contributed by atoms with E-state index in [1.165, 1.54) is 0 Å². The van der Waals surface area contributed by atoms with E-state index in [-0.39, 0.29) is 12.0 Å². The Balaban J connectivity index is 3.06. The summed E-state index contributed by atoms with van der Waals surface area (Å²) < 4.78 is 5.59. The fourth-order valence-electron chi connectivity index (χ4n) is 1.72. The number of hydrogen-bond donors (Lipinski definition) is 1. The third-order valence-electron chi connectivity index (χ3n) is 2.79. The zero-order chi connectivity index (χ0) is 11.5. The monoisotopic (exact) mass is 208 g/mol. The highest BCUT2D eigenvalue weighted by Gasteiger charge is 2.30. The van der Waals surface area contributed by atoms with Crippen molar-refractivity contribution in [1.29, 1.82) is 0 Å². The van der Waals surface area contributed by atoms with Crippen molar-refractivity contribution >= 4 is 0 Å². The summed E-state index contributed by atoms with van der Waals surface area (Å²) in [5.74, 6) is 0.917. The Morgan fingerprint density at radius 2 is 2.27 bits per heavy atom. The second kappa shape index (κ2) is 4.67. The molecule has 1 aliphatic rings. The molecule has 0 aliphatic carbocycles. The number of aliphatic hydroxyl groups is 1. The molecular weight excluding hydrogens is 188 g/mol. The fourth-order valence-corrected chi connectivity index (χ4v) is 1.72. The summed E-state index contributed by atoms with van der Waals surface area (Å²) in [6.07, 6.45) is 4.90. The maximum absolute atomic E-state index is 8.99. The van der Waals surface area contributed by atoms with Gasteiger partial charge < -0.3 is 9.84 Å². The van der Waals surface area contributed by atoms with E-state index in [1.54, 1.807) is 0 Å². The van der Waals surface area contributed by atoms with E-state index in [4.69, 9.17) is 9.84 Å². The minimum absolute atomic E-state index is 0.00340. The molecule has 0 unspecified atom stereocenters. The van der Waals surface area contributed by atoms with Crippen molar-refractivity contribution < 1.29 is 9.84 Å². The van der Waals surface area contributed by atoms with Crippen molar-refractivity contribution in [3.63, 3.8) is 0 Å². The van der Waals surface area contributed by atoms with Crippen LogP contribution in [0.15, 0.2) is 35.6 Å². The van der Waals surface area contributed by atoms with Crippen LogP contribution in [0, 0.1) is 5.41 Å². The lowest BCUT2D eigenvalue weighted by Crippen LogP contribution is -2.25. The van der Waals surface area contributed by atoms with Crippen molar-refractivity contribution in [3.05, 3.63) is 35.6 Å². The average Bonchev–Trinajstić information content (AvgIpc) is 2.20. The molecule has 1 aliphatic heterocycles. The summed E-state index contributed by atoms with van der Waals surface area (Å²) in [6.45, 7) is 10.9. The maximum atomic E-state index is 8.99. The van der Waals surface area contributed by atoms with Gasteiger partial charge in [-0.3, -0.25) is 0 Å². The lowest BCUT2D eigenvalue weighted by molar-refractivity contribution is 0.136. The van der Waals surface area contributed by atoms with Crippen LogP contribution in [-0.2, 0) is 4.74 Å². The summed E-state index contributed by atoms with van der Waals surface area (Å²) in [6, 6.07) is 0. The van der Waals surface area contributed by atoms with Crippen molar-refractivity contribution in [3.8, 4) is 0 Å². The first-order valence-corrected chi connectivity index (χ1v) is 5.31. The molecular formula is C13H20O2. The zero-order valence-corrected chi connectivity index (χ0v) is 9.84. The summed E-state index contributed by atoms with van der Waals surface area (Å²) >= 11 is 0. The number of aliphatic hydroxyl groups excluding tert-OH is 1. The molecule has 0 saturated carbocycles. The number of rotatable bonds is 2. The first-order valence-electron chi connectivity index (χ1n) is 5.31. The van der Waals surface area contributed by atoms with Gasteiger partial charge in [0.15, 0.2) is 0 Å². The van der Waals surface area contributed by atoms with E-state index in [0.29, 0.717) is 0 Å². The molecule has 0 aromatic rings. The third kappa shape index (κ3) is 2.72. The van der Waals surface area contributed by atoms with Crippen LogP contribution < -0.4 is 0 Å². The van der Waals surface area contributed by atoms with Crippen molar-refractivity contribution in [2.75, 3.05) is 13.2 Å². The second-order valence-corrected chi connectivity index (χ2v) is 4.51. The lowest BCUT2D eigenvalue weighted by Gasteiger charge is -2.35. The van der Waals surface area contributed by atoms with Crippen molar-refractivity contribution in [2.24, 2.45) is 5.41 Å². The summed E-state index contributed by atoms with van der Waals surface area (Å²) in [5.41, 5.74) is 1.95. The van der Waals surface area contributed by atoms with Gasteiger partial charge in [-0.1, -0.05) is 20.4 Å². The molecule has 0 aromatic heterocycles. The van der Waals surface area contributed by atoms with E-state index in [2.05, 4.69) is 20.4 Å². The van der Waals surface area contributed by atoms with E-state index in [1.807, 2.05) is 19.1 Å². The quantitative estimate of drug-likeness (QED) is 0.756. The molecule has 84 valence electrons. The molecule has 1 N–H and O–H groups in total. The van der Waals surface area contributed by atoms with Crippen LogP contribution in [0.1, 0.15) is 27.2 Å². The second-order valence-electron chi connectivity index (χ2n) is 4.51. The largest absolute Gasteiger partial charge is 0.494 e. The molecule has 0 bridgehead atoms. The summed E-state index contributed by atoms with van der Waals surface area (Å²) in [4.78, 5) is 0. The van der Waals surface area contributed by atoms with Crippen LogP contribution in [0.25, 0.3) is 0 Å². The highest BCUT2D eigenvalue weighted by atomic mass is 16.5. The van der Waals surface area contributed by atoms with Crippen LogP contribution >= 0.6 is 0 Å². The van der Waals surface area contributed by atoms with E-state index >= 15 is 0 Å². The topological polar surface area (TPSA) is 29.5 Å². The van der Waals surface area contributed by atoms with Gasteiger partial charge in [-0.25, -0.2) is 0 Å². The smallest absolute Gasteiger partial charge is 0.118 e. The molecule has 1 saturated heterocycles. The first-order chi connectivity index (χ1) is 7.01. The van der Waals surface area contributed by atoms with Gasteiger partial charge in [-0.15, -0.1) is 0 Å². The van der Waals surface area contributed by atoms with Gasteiger partial charge in [0.25, 0.3) is 0 Å². The molecule has 0 spiro atoms. The Hall–Kier alpha value is -1.02. The zero-order valence-electron chi connectivity index (χ0n) is 9.84. The lowest BCUT2D eigenvalue weighted by atomic mass is 9.78. The van der Waals surface area contributed by atoms with Gasteiger partial charge in [-0.2, -0.15) is 0 Å². The van der Waals surface area contributed by atoms with Gasteiger partial charge in [0, 0.05) is 0 Å². The first kappa shape index (κ1) is 12.1. The molecule has 0 amide bonds. The Morgan fingerprint density at radius 3 is 2.80 bits per heavy atom. The third-order valence-corrected chi connectivity index (χ3v) is 2.79. The van der Waals surface area contributed by atoms with Crippen LogP contribution in [0.4, 0.5) is 0 Å². The van der Waals surface area contributed by atoms with Crippen LogP contribution in [-0.4, -0.2) is 18.3 Å². The maximum Gasteiger partial charge on any atom is 0.118 e. The SMILES string of the molecule is C=C(/C=C1\C(=C/C)OCCC1(C)C)CO. The highest BCUT2D eigenvalue weighted by molar-refractivity contribution is 5.38. The molecule has 0 atom stereocenters.